The van der Waals surface area contributed by atoms with E-state index >= 15 is 0 Å². The van der Waals surface area contributed by atoms with Gasteiger partial charge >= 0.3 is 0 Å². The van der Waals surface area contributed by atoms with E-state index in [1.165, 1.54) is 0 Å². The van der Waals surface area contributed by atoms with Gasteiger partial charge in [0.05, 0.1) is 10.2 Å². The number of hydrogen-bond donors (Lipinski definition) is 0. The van der Waals surface area contributed by atoms with Crippen molar-refractivity contribution in [3.63, 3.8) is 0 Å². The van der Waals surface area contributed by atoms with Gasteiger partial charge in [-0.25, -0.2) is 0 Å². The molecule has 0 aliphatic carbocycles. The van der Waals surface area contributed by atoms with Crippen molar-refractivity contribution in [2.45, 2.75) is 0 Å². The van der Waals surface area contributed by atoms with Crippen LogP contribution in [0.15, 0.2) is 24.4 Å². The van der Waals surface area contributed by atoms with E-state index in [9.17, 15) is 0 Å². The van der Waals surface area contributed by atoms with E-state index in [2.05, 4.69) is 4.98 Å². The Bertz CT molecular complexity index is 138. The van der Waals surface area contributed by atoms with Gasteiger partial charge in [0.25, 0.3) is 0 Å². The minimum atomic E-state index is 1.10. The molecule has 0 N–H and O–H groups in total. The van der Waals surface area contributed by atoms with E-state index in [1.54, 1.807) is 16.4 Å². The second kappa shape index (κ2) is 1.89. The number of nitrogens with zero attached hydrogens (tertiary/aromatic N) is 1. The molecule has 1 aromatic heterocycles. The Morgan fingerprint density at radius 1 is 1.43 bits per heavy atom. The molecule has 0 saturated heterocycles. The molecule has 0 saturated carbocycles. The summed E-state index contributed by atoms with van der Waals surface area (Å²) >= 11 is 0. The van der Waals surface area contributed by atoms with Crippen molar-refractivity contribution < 1.29 is 0 Å². The third-order valence-electron chi connectivity index (χ3n) is 0.726. The van der Waals surface area contributed by atoms with Crippen molar-refractivity contribution in [1.82, 2.24) is 4.98 Å². The molecule has 0 atom stereocenters. The van der Waals surface area contributed by atoms with Gasteiger partial charge in [0.2, 0.25) is 0 Å². The lowest BCUT2D eigenvalue weighted by molar-refractivity contribution is 1.39. The molecule has 0 spiro atoms. The lowest BCUT2D eigenvalue weighted by Gasteiger charge is -1.82. The lowest BCUT2D eigenvalue weighted by atomic mass is 10.5. The highest BCUT2D eigenvalue weighted by Crippen LogP contribution is 1.70. The molecule has 7 heavy (non-hydrogen) atoms. The van der Waals surface area contributed by atoms with Crippen molar-refractivity contribution >= 4 is 15.6 Å². The number of aromatic nitrogens is 1. The molecule has 1 rings (SSSR count). The Kier molecular flexibility index (Phi) is 1.22. The second-order valence-corrected chi connectivity index (χ2v) is 2.05. The predicted molar refractivity (Wildman–Crippen MR) is 32.4 cm³/mol. The van der Waals surface area contributed by atoms with Crippen molar-refractivity contribution in [2.75, 3.05) is 0 Å². The monoisotopic (exact) mass is 108 g/mol. The zero-order chi connectivity index (χ0) is 5.11. The molecule has 0 aromatic carbocycles. The summed E-state index contributed by atoms with van der Waals surface area (Å²) in [5, 5.41) is 1.10. The average molecular weight is 108 g/mol. The third kappa shape index (κ3) is 1.12. The summed E-state index contributed by atoms with van der Waals surface area (Å²) in [5.41, 5.74) is 0. The highest BCUT2D eigenvalue weighted by atomic mass is 28.1. The Labute approximate surface area is 45.8 Å². The van der Waals surface area contributed by atoms with Gasteiger partial charge in [0.1, 0.15) is 0 Å². The van der Waals surface area contributed by atoms with Crippen LogP contribution in [0.1, 0.15) is 0 Å². The van der Waals surface area contributed by atoms with E-state index in [-0.39, 0.29) is 0 Å². The first kappa shape index (κ1) is 4.52. The molecule has 0 aliphatic heterocycles. The van der Waals surface area contributed by atoms with E-state index in [0.29, 0.717) is 0 Å². The van der Waals surface area contributed by atoms with Gasteiger partial charge < -0.3 is 0 Å². The SMILES string of the molecule is [SiH2]c1ccccn1. The summed E-state index contributed by atoms with van der Waals surface area (Å²) in [6.07, 6.45) is 1.79. The van der Waals surface area contributed by atoms with Gasteiger partial charge in [-0.3, -0.25) is 4.98 Å². The topological polar surface area (TPSA) is 12.9 Å². The molecule has 1 nitrogen and oxygen atoms in total. The Morgan fingerprint density at radius 2 is 2.29 bits per heavy atom. The van der Waals surface area contributed by atoms with Crippen molar-refractivity contribution in [2.24, 2.45) is 0 Å². The van der Waals surface area contributed by atoms with Crippen LogP contribution in [0, 0.1) is 0 Å². The predicted octanol–water partition coefficient (Wildman–Crippen LogP) is -0.660. The minimum absolute atomic E-state index is 1.10. The fraction of sp³-hybridized carbons (Fsp3) is 0. The zero-order valence-electron chi connectivity index (χ0n) is 3.96. The summed E-state index contributed by atoms with van der Waals surface area (Å²) in [4.78, 5) is 3.99. The summed E-state index contributed by atoms with van der Waals surface area (Å²) in [6.45, 7) is 0. The maximum atomic E-state index is 3.99. The molecule has 0 unspecified atom stereocenters. The smallest absolute Gasteiger partial charge is 0.0729 e. The standard InChI is InChI=1S/C5H6NSi/c7-5-3-1-2-4-6-5/h1-4H,7H2. The van der Waals surface area contributed by atoms with Gasteiger partial charge in [0.15, 0.2) is 0 Å². The first-order valence-electron chi connectivity index (χ1n) is 2.12. The summed E-state index contributed by atoms with van der Waals surface area (Å²) in [5.74, 6) is 0. The van der Waals surface area contributed by atoms with Crippen LogP contribution < -0.4 is 5.32 Å². The van der Waals surface area contributed by atoms with E-state index in [1.807, 2.05) is 18.2 Å². The first-order chi connectivity index (χ1) is 3.39. The van der Waals surface area contributed by atoms with Crippen LogP contribution in [0.2, 0.25) is 0 Å². The average Bonchev–Trinajstić information content (AvgIpc) is 1.69. The van der Waals surface area contributed by atoms with Gasteiger partial charge in [0, 0.05) is 11.5 Å². The lowest BCUT2D eigenvalue weighted by Crippen LogP contribution is -2.04. The largest absolute Gasteiger partial charge is 0.267 e. The second-order valence-electron chi connectivity index (χ2n) is 1.32. The highest BCUT2D eigenvalue weighted by molar-refractivity contribution is 6.30. The van der Waals surface area contributed by atoms with Crippen LogP contribution in [0.5, 0.6) is 0 Å². The molecule has 0 bridgehead atoms. The quantitative estimate of drug-likeness (QED) is 0.402. The molecule has 0 amide bonds. The van der Waals surface area contributed by atoms with Crippen LogP contribution in [0.3, 0.4) is 0 Å². The minimum Gasteiger partial charge on any atom is -0.267 e. The number of pyridine rings is 1. The molecule has 1 radical (unpaired) electrons. The molecule has 1 aromatic rings. The van der Waals surface area contributed by atoms with Crippen molar-refractivity contribution in [3.05, 3.63) is 24.4 Å². The Hall–Kier alpha value is -0.633. The molecule has 35 valence electrons. The van der Waals surface area contributed by atoms with Crippen LogP contribution in [0.25, 0.3) is 0 Å². The third-order valence-corrected chi connectivity index (χ3v) is 1.14. The maximum absolute atomic E-state index is 3.99. The van der Waals surface area contributed by atoms with E-state index < -0.39 is 0 Å². The normalized spacial score (nSPS) is 8.71. The molecule has 0 fully saturated rings. The molecule has 1 heterocycles. The highest BCUT2D eigenvalue weighted by Gasteiger charge is 1.73. The zero-order valence-corrected chi connectivity index (χ0v) is 5.38. The first-order valence-corrected chi connectivity index (χ1v) is 2.83. The number of hydrogen-bond acceptors (Lipinski definition) is 1. The van der Waals surface area contributed by atoms with Crippen LogP contribution in [-0.2, 0) is 0 Å². The Morgan fingerprint density at radius 3 is 2.57 bits per heavy atom. The Balaban J connectivity index is 3.02. The van der Waals surface area contributed by atoms with Gasteiger partial charge in [-0.2, -0.15) is 0 Å². The molecular weight excluding hydrogens is 102 g/mol. The maximum Gasteiger partial charge on any atom is 0.0729 e. The van der Waals surface area contributed by atoms with Gasteiger partial charge in [-0.05, 0) is 12.1 Å². The summed E-state index contributed by atoms with van der Waals surface area (Å²) in [7, 11) is 1.79. The summed E-state index contributed by atoms with van der Waals surface area (Å²) < 4.78 is 0. The molecular formula is C5H6NSi. The number of rotatable bonds is 0. The fourth-order valence-corrected chi connectivity index (χ4v) is 0.640. The summed E-state index contributed by atoms with van der Waals surface area (Å²) in [6, 6.07) is 5.88. The van der Waals surface area contributed by atoms with Gasteiger partial charge in [-0.1, -0.05) is 6.07 Å². The molecule has 0 aliphatic rings. The van der Waals surface area contributed by atoms with Crippen LogP contribution in [0.4, 0.5) is 0 Å². The fourth-order valence-electron chi connectivity index (χ4n) is 0.398. The van der Waals surface area contributed by atoms with Gasteiger partial charge in [-0.15, -0.1) is 0 Å². The van der Waals surface area contributed by atoms with Crippen molar-refractivity contribution in [3.8, 4) is 0 Å². The van der Waals surface area contributed by atoms with Crippen molar-refractivity contribution in [1.29, 1.82) is 0 Å². The van der Waals surface area contributed by atoms with E-state index in [0.717, 1.165) is 5.32 Å². The van der Waals surface area contributed by atoms with Crippen LogP contribution in [-0.4, -0.2) is 15.2 Å². The van der Waals surface area contributed by atoms with Crippen LogP contribution >= 0.6 is 0 Å². The van der Waals surface area contributed by atoms with E-state index in [4.69, 9.17) is 0 Å². The molecule has 2 heteroatoms.